The van der Waals surface area contributed by atoms with E-state index in [1.807, 2.05) is 5.32 Å². The average molecular weight is 615 g/mol. The third-order valence-corrected chi connectivity index (χ3v) is 7.98. The van der Waals surface area contributed by atoms with Crippen LogP contribution in [0.15, 0.2) is 36.4 Å². The number of hydrogen-bond acceptors (Lipinski definition) is 3. The van der Waals surface area contributed by atoms with E-state index < -0.39 is 73.9 Å². The summed E-state index contributed by atoms with van der Waals surface area (Å²) in [5.41, 5.74) is -4.13. The van der Waals surface area contributed by atoms with Gasteiger partial charge in [0.05, 0.1) is 31.4 Å². The van der Waals surface area contributed by atoms with E-state index in [0.717, 1.165) is 18.4 Å². The van der Waals surface area contributed by atoms with Gasteiger partial charge < -0.3 is 5.32 Å². The summed E-state index contributed by atoms with van der Waals surface area (Å²) in [6.45, 7) is 0.714. The van der Waals surface area contributed by atoms with Gasteiger partial charge in [-0.3, -0.25) is 4.79 Å². The molecule has 0 bridgehead atoms. The molecule has 204 valence electrons. The van der Waals surface area contributed by atoms with Gasteiger partial charge in [-0.05, 0) is 42.8 Å². The summed E-state index contributed by atoms with van der Waals surface area (Å²) in [5.74, 6) is -5.64. The van der Waals surface area contributed by atoms with Crippen LogP contribution in [0.4, 0.5) is 30.7 Å². The van der Waals surface area contributed by atoms with Crippen molar-refractivity contribution in [2.45, 2.75) is 30.4 Å². The van der Waals surface area contributed by atoms with Gasteiger partial charge >= 0.3 is 12.4 Å². The summed E-state index contributed by atoms with van der Waals surface area (Å²) in [6, 6.07) is 3.03. The smallest absolute Gasteiger partial charge is 0.351 e. The SMILES string of the molecule is CC(CNC(=O)c1ccc(/C(F)=C/C(c2cc(Cl)c(Cl)c(Cl)c2)C(F)(F)F)cc1C(F)(F)F)S(C)(=O)=O. The molecule has 0 aliphatic carbocycles. The largest absolute Gasteiger partial charge is 0.417 e. The maximum Gasteiger partial charge on any atom is 0.417 e. The highest BCUT2D eigenvalue weighted by Gasteiger charge is 2.41. The van der Waals surface area contributed by atoms with Crippen molar-refractivity contribution in [1.29, 1.82) is 0 Å². The first kappa shape index (κ1) is 31.2. The summed E-state index contributed by atoms with van der Waals surface area (Å²) in [4.78, 5) is 12.3. The van der Waals surface area contributed by atoms with Crippen LogP contribution in [-0.2, 0) is 16.0 Å². The number of allylic oxidation sites excluding steroid dienone is 1. The lowest BCUT2D eigenvalue weighted by molar-refractivity contribution is -0.140. The summed E-state index contributed by atoms with van der Waals surface area (Å²) in [6.07, 6.45) is -9.39. The molecular formula is C22H17Cl3F7NO3S. The minimum Gasteiger partial charge on any atom is -0.351 e. The highest BCUT2D eigenvalue weighted by Crippen LogP contribution is 2.42. The molecule has 0 aliphatic rings. The van der Waals surface area contributed by atoms with Crippen LogP contribution in [0, 0.1) is 0 Å². The van der Waals surface area contributed by atoms with Crippen LogP contribution < -0.4 is 5.32 Å². The molecular weight excluding hydrogens is 598 g/mol. The minimum absolute atomic E-state index is 0.0406. The van der Waals surface area contributed by atoms with E-state index in [2.05, 4.69) is 0 Å². The van der Waals surface area contributed by atoms with Gasteiger partial charge in [0.25, 0.3) is 5.91 Å². The molecule has 2 aromatic rings. The molecule has 2 unspecified atom stereocenters. The molecule has 2 aromatic carbocycles. The van der Waals surface area contributed by atoms with Gasteiger partial charge in [0.1, 0.15) is 11.7 Å². The molecule has 0 saturated carbocycles. The number of hydrogen-bond donors (Lipinski definition) is 1. The van der Waals surface area contributed by atoms with Crippen LogP contribution in [-0.4, -0.2) is 38.6 Å². The number of benzene rings is 2. The maximum atomic E-state index is 14.9. The van der Waals surface area contributed by atoms with E-state index in [4.69, 9.17) is 34.8 Å². The summed E-state index contributed by atoms with van der Waals surface area (Å²) in [7, 11) is -3.60. The number of sulfone groups is 1. The van der Waals surface area contributed by atoms with Crippen molar-refractivity contribution < 1.29 is 43.9 Å². The summed E-state index contributed by atoms with van der Waals surface area (Å²) in [5, 5.41) is -0.0198. The second-order valence-electron chi connectivity index (χ2n) is 7.94. The van der Waals surface area contributed by atoms with Gasteiger partial charge in [-0.1, -0.05) is 40.9 Å². The zero-order valence-electron chi connectivity index (χ0n) is 18.7. The number of halogens is 10. The van der Waals surface area contributed by atoms with Crippen LogP contribution in [0.3, 0.4) is 0 Å². The normalized spacial score (nSPS) is 14.9. The summed E-state index contributed by atoms with van der Waals surface area (Å²) >= 11 is 17.2. The van der Waals surface area contributed by atoms with Crippen LogP contribution in [0.2, 0.25) is 15.1 Å². The van der Waals surface area contributed by atoms with Gasteiger partial charge in [0.15, 0.2) is 9.84 Å². The number of amides is 1. The molecule has 0 aliphatic heterocycles. The second-order valence-corrected chi connectivity index (χ2v) is 11.6. The number of nitrogens with one attached hydrogen (secondary N) is 1. The van der Waals surface area contributed by atoms with E-state index in [9.17, 15) is 43.9 Å². The first-order valence-electron chi connectivity index (χ1n) is 10.0. The van der Waals surface area contributed by atoms with E-state index >= 15 is 0 Å². The maximum absolute atomic E-state index is 14.9. The molecule has 4 nitrogen and oxygen atoms in total. The Bertz CT molecular complexity index is 1300. The number of carbonyl (C=O) groups is 1. The highest BCUT2D eigenvalue weighted by molar-refractivity contribution is 7.91. The predicted octanol–water partition coefficient (Wildman–Crippen LogP) is 7.49. The van der Waals surface area contributed by atoms with Gasteiger partial charge in [0, 0.05) is 18.4 Å². The number of carbonyl (C=O) groups excluding carboxylic acids is 1. The van der Waals surface area contributed by atoms with E-state index in [1.165, 1.54) is 6.92 Å². The molecule has 15 heteroatoms. The Morgan fingerprint density at radius 2 is 1.57 bits per heavy atom. The number of rotatable bonds is 7. The zero-order valence-corrected chi connectivity index (χ0v) is 21.8. The van der Waals surface area contributed by atoms with Gasteiger partial charge in [-0.2, -0.15) is 26.3 Å². The standard InChI is InChI=1S/C22H17Cl3F7NO3S/c1-10(37(2,35)36)9-33-20(34)13-4-3-11(5-15(13)22(30,31)32)18(26)8-14(21(27,28)29)12-6-16(23)19(25)17(24)7-12/h3-8,10,14H,9H2,1-2H3,(H,33,34)/b18-8-. The van der Waals surface area contributed by atoms with E-state index in [1.54, 1.807) is 0 Å². The van der Waals surface area contributed by atoms with Crippen LogP contribution in [0.1, 0.15) is 39.9 Å². The van der Waals surface area contributed by atoms with Crippen molar-refractivity contribution in [1.82, 2.24) is 5.32 Å². The molecule has 1 N–H and O–H groups in total. The first-order valence-corrected chi connectivity index (χ1v) is 13.1. The molecule has 37 heavy (non-hydrogen) atoms. The Labute approximate surface area is 222 Å². The van der Waals surface area contributed by atoms with Crippen molar-refractivity contribution in [3.05, 3.63) is 73.7 Å². The van der Waals surface area contributed by atoms with Crippen LogP contribution in [0.25, 0.3) is 5.83 Å². The molecule has 0 heterocycles. The first-order chi connectivity index (χ1) is 16.7. The van der Waals surface area contributed by atoms with Gasteiger partial charge in [-0.25, -0.2) is 12.8 Å². The monoisotopic (exact) mass is 613 g/mol. The average Bonchev–Trinajstić information content (AvgIpc) is 2.76. The fourth-order valence-corrected chi connectivity index (χ4v) is 3.98. The third kappa shape index (κ3) is 7.98. The van der Waals surface area contributed by atoms with Crippen molar-refractivity contribution in [2.24, 2.45) is 0 Å². The van der Waals surface area contributed by atoms with Gasteiger partial charge in [-0.15, -0.1) is 0 Å². The molecule has 2 atom stereocenters. The lowest BCUT2D eigenvalue weighted by Crippen LogP contribution is -2.35. The lowest BCUT2D eigenvalue weighted by Gasteiger charge is -2.19. The third-order valence-electron chi connectivity index (χ3n) is 5.16. The number of alkyl halides is 6. The second kappa shape index (κ2) is 11.4. The molecule has 1 amide bonds. The van der Waals surface area contributed by atoms with Crippen molar-refractivity contribution in [2.75, 3.05) is 12.8 Å². The topological polar surface area (TPSA) is 63.2 Å². The minimum atomic E-state index is -5.20. The molecule has 0 saturated heterocycles. The van der Waals surface area contributed by atoms with Crippen LogP contribution in [0.5, 0.6) is 0 Å². The van der Waals surface area contributed by atoms with E-state index in [-0.39, 0.29) is 27.2 Å². The zero-order chi connectivity index (χ0) is 28.5. The van der Waals surface area contributed by atoms with Crippen LogP contribution >= 0.6 is 34.8 Å². The fourth-order valence-electron chi connectivity index (χ4n) is 2.99. The Morgan fingerprint density at radius 1 is 1.03 bits per heavy atom. The molecule has 0 fully saturated rings. The molecule has 0 radical (unpaired) electrons. The van der Waals surface area contributed by atoms with Crippen molar-refractivity contribution in [3.63, 3.8) is 0 Å². The molecule has 0 spiro atoms. The highest BCUT2D eigenvalue weighted by atomic mass is 35.5. The predicted molar refractivity (Wildman–Crippen MR) is 127 cm³/mol. The summed E-state index contributed by atoms with van der Waals surface area (Å²) < 4.78 is 120. The Hall–Kier alpha value is -2.02. The fraction of sp³-hybridized carbons (Fsp3) is 0.318. The van der Waals surface area contributed by atoms with Gasteiger partial charge in [0.2, 0.25) is 0 Å². The van der Waals surface area contributed by atoms with Crippen molar-refractivity contribution >= 4 is 56.4 Å². The Balaban J connectivity index is 2.52. The van der Waals surface area contributed by atoms with Crippen molar-refractivity contribution in [3.8, 4) is 0 Å². The molecule has 2 rings (SSSR count). The Morgan fingerprint density at radius 3 is 2.03 bits per heavy atom. The van der Waals surface area contributed by atoms with E-state index in [0.29, 0.717) is 12.1 Å². The lowest BCUT2D eigenvalue weighted by atomic mass is 9.95. The quantitative estimate of drug-likeness (QED) is 0.260. The molecule has 0 aromatic heterocycles. The Kier molecular flexibility index (Phi) is 9.60.